The second kappa shape index (κ2) is 4.53. The lowest BCUT2D eigenvalue weighted by molar-refractivity contribution is -0.294. The number of para-hydroxylation sites is 1. The SMILES string of the molecule is CN(C)[C]1N=c2c(c(N)nn2-c2ccccc2)=C([O-])O1. The number of hydrogen-bond acceptors (Lipinski definition) is 6. The van der Waals surface area contributed by atoms with Crippen LogP contribution in [0.1, 0.15) is 0 Å². The molecule has 2 N–H and O–H groups in total. The van der Waals surface area contributed by atoms with Crippen LogP contribution < -0.4 is 21.5 Å². The minimum Gasteiger partial charge on any atom is -0.572 e. The summed E-state index contributed by atoms with van der Waals surface area (Å²) in [6, 6.07) is 9.36. The van der Waals surface area contributed by atoms with Crippen LogP contribution in [0.2, 0.25) is 0 Å². The molecule has 0 amide bonds. The molecule has 0 atom stereocenters. The number of fused-ring (bicyclic) bond motifs is 1. The smallest absolute Gasteiger partial charge is 0.221 e. The lowest BCUT2D eigenvalue weighted by atomic mass is 10.3. The Balaban J connectivity index is 2.29. The summed E-state index contributed by atoms with van der Waals surface area (Å²) in [6.45, 7) is 0. The van der Waals surface area contributed by atoms with Gasteiger partial charge in [0, 0.05) is 0 Å². The molecule has 0 spiro atoms. The molecule has 0 fully saturated rings. The second-order valence-corrected chi connectivity index (χ2v) is 4.51. The summed E-state index contributed by atoms with van der Waals surface area (Å²) in [6.07, 6.45) is 0.208. The van der Waals surface area contributed by atoms with Crippen molar-refractivity contribution >= 4 is 11.8 Å². The van der Waals surface area contributed by atoms with E-state index in [0.29, 0.717) is 5.49 Å². The van der Waals surface area contributed by atoms with Crippen LogP contribution in [0.15, 0.2) is 35.3 Å². The Morgan fingerprint density at radius 2 is 1.95 bits per heavy atom. The van der Waals surface area contributed by atoms with Gasteiger partial charge in [0.1, 0.15) is 0 Å². The van der Waals surface area contributed by atoms with E-state index in [1.165, 1.54) is 4.68 Å². The van der Waals surface area contributed by atoms with Gasteiger partial charge in [-0.15, -0.1) is 5.10 Å². The maximum atomic E-state index is 12.0. The molecule has 1 aliphatic heterocycles. The standard InChI is InChI=1S/C13H14N5O2/c1-17(2)13-15-11-9(12(19)20-13)10(14)16-18(11)8-6-4-3-5-7-8/h3-7,19H,1-2H3,(H2,14,16)/p-1. The Kier molecular flexibility index (Phi) is 2.83. The van der Waals surface area contributed by atoms with Crippen LogP contribution in [-0.4, -0.2) is 28.8 Å². The van der Waals surface area contributed by atoms with Crippen molar-refractivity contribution < 1.29 is 9.84 Å². The van der Waals surface area contributed by atoms with Gasteiger partial charge in [-0.3, -0.25) is 4.90 Å². The summed E-state index contributed by atoms with van der Waals surface area (Å²) in [4.78, 5) is 5.92. The first-order chi connectivity index (χ1) is 9.58. The van der Waals surface area contributed by atoms with E-state index in [9.17, 15) is 5.11 Å². The summed E-state index contributed by atoms with van der Waals surface area (Å²) in [5.74, 6) is -0.436. The number of nitrogens with zero attached hydrogens (tertiary/aromatic N) is 4. The van der Waals surface area contributed by atoms with Gasteiger partial charge in [-0.05, 0) is 26.2 Å². The lowest BCUT2D eigenvalue weighted by Gasteiger charge is -2.29. The van der Waals surface area contributed by atoms with E-state index in [4.69, 9.17) is 10.5 Å². The molecule has 1 aromatic heterocycles. The third-order valence-corrected chi connectivity index (χ3v) is 2.86. The molecule has 3 rings (SSSR count). The number of ether oxygens (including phenoxy) is 1. The van der Waals surface area contributed by atoms with Crippen molar-refractivity contribution in [3.05, 3.63) is 47.4 Å². The van der Waals surface area contributed by atoms with Crippen LogP contribution in [0.5, 0.6) is 0 Å². The average Bonchev–Trinajstić information content (AvgIpc) is 2.77. The minimum absolute atomic E-state index is 0.107. The number of aromatic nitrogens is 2. The Bertz CT molecular complexity index is 751. The monoisotopic (exact) mass is 271 g/mol. The highest BCUT2D eigenvalue weighted by Gasteiger charge is 2.17. The zero-order chi connectivity index (χ0) is 14.3. The zero-order valence-corrected chi connectivity index (χ0v) is 11.1. The van der Waals surface area contributed by atoms with E-state index in [1.54, 1.807) is 19.0 Å². The highest BCUT2D eigenvalue weighted by atomic mass is 16.6. The highest BCUT2D eigenvalue weighted by molar-refractivity contribution is 5.43. The van der Waals surface area contributed by atoms with Crippen molar-refractivity contribution in [2.45, 2.75) is 0 Å². The molecule has 1 aromatic carbocycles. The predicted molar refractivity (Wildman–Crippen MR) is 70.2 cm³/mol. The second-order valence-electron chi connectivity index (χ2n) is 4.51. The van der Waals surface area contributed by atoms with Crippen molar-refractivity contribution in [3.63, 3.8) is 0 Å². The normalized spacial score (nSPS) is 14.8. The number of nitrogens with two attached hydrogens (primary N) is 1. The zero-order valence-electron chi connectivity index (χ0n) is 11.1. The van der Waals surface area contributed by atoms with Crippen LogP contribution in [0, 0.1) is 6.35 Å². The Labute approximate surface area is 115 Å². The summed E-state index contributed by atoms with van der Waals surface area (Å²) in [5, 5.41) is 16.4. The molecule has 2 heterocycles. The molecule has 0 bridgehead atoms. The number of hydrogen-bond donors (Lipinski definition) is 1. The van der Waals surface area contributed by atoms with Crippen molar-refractivity contribution in [3.8, 4) is 5.69 Å². The molecule has 0 saturated heterocycles. The molecular formula is C13H13N5O2-. The van der Waals surface area contributed by atoms with Gasteiger partial charge in [0.2, 0.25) is 6.35 Å². The first-order valence-corrected chi connectivity index (χ1v) is 6.00. The maximum absolute atomic E-state index is 12.0. The van der Waals surface area contributed by atoms with Crippen LogP contribution in [0.25, 0.3) is 11.6 Å². The third kappa shape index (κ3) is 1.88. The van der Waals surface area contributed by atoms with E-state index in [-0.39, 0.29) is 17.4 Å². The molecule has 0 unspecified atom stereocenters. The van der Waals surface area contributed by atoms with Gasteiger partial charge in [0.25, 0.3) is 0 Å². The predicted octanol–water partition coefficient (Wildman–Crippen LogP) is -1.46. The van der Waals surface area contributed by atoms with Crippen LogP contribution in [0.4, 0.5) is 5.82 Å². The van der Waals surface area contributed by atoms with E-state index in [2.05, 4.69) is 10.1 Å². The fraction of sp³-hybridized carbons (Fsp3) is 0.154. The first-order valence-electron chi connectivity index (χ1n) is 6.00. The molecule has 1 aliphatic rings. The summed E-state index contributed by atoms with van der Waals surface area (Å²) in [7, 11) is 3.48. The van der Waals surface area contributed by atoms with Crippen LogP contribution >= 0.6 is 0 Å². The van der Waals surface area contributed by atoms with Crippen LogP contribution in [-0.2, 0) is 4.74 Å². The number of nitrogen functional groups attached to an aromatic ring is 1. The molecule has 103 valence electrons. The number of rotatable bonds is 2. The Morgan fingerprint density at radius 3 is 2.60 bits per heavy atom. The summed E-state index contributed by atoms with van der Waals surface area (Å²) < 4.78 is 6.64. The molecule has 2 aromatic rings. The molecule has 0 aliphatic carbocycles. The largest absolute Gasteiger partial charge is 0.572 e. The Hall–Kier alpha value is -2.54. The van der Waals surface area contributed by atoms with Crippen molar-refractivity contribution in [1.29, 1.82) is 0 Å². The lowest BCUT2D eigenvalue weighted by Crippen LogP contribution is -2.42. The molecule has 7 nitrogen and oxygen atoms in total. The Morgan fingerprint density at radius 1 is 1.25 bits per heavy atom. The van der Waals surface area contributed by atoms with Gasteiger partial charge in [-0.2, -0.15) is 0 Å². The fourth-order valence-electron chi connectivity index (χ4n) is 1.91. The molecule has 1 radical (unpaired) electrons. The molecule has 20 heavy (non-hydrogen) atoms. The quantitative estimate of drug-likeness (QED) is 0.720. The van der Waals surface area contributed by atoms with E-state index in [0.717, 1.165) is 5.69 Å². The molecular weight excluding hydrogens is 258 g/mol. The van der Waals surface area contributed by atoms with E-state index >= 15 is 0 Å². The highest BCUT2D eigenvalue weighted by Crippen LogP contribution is 2.13. The molecule has 0 saturated carbocycles. The van der Waals surface area contributed by atoms with Crippen molar-refractivity contribution in [2.24, 2.45) is 4.99 Å². The van der Waals surface area contributed by atoms with Crippen LogP contribution in [0.3, 0.4) is 0 Å². The summed E-state index contributed by atoms with van der Waals surface area (Å²) in [5.41, 5.74) is 6.95. The van der Waals surface area contributed by atoms with Gasteiger partial charge >= 0.3 is 0 Å². The van der Waals surface area contributed by atoms with Gasteiger partial charge in [-0.25, -0.2) is 9.67 Å². The van der Waals surface area contributed by atoms with Gasteiger partial charge in [0.05, 0.1) is 16.9 Å². The van der Waals surface area contributed by atoms with E-state index < -0.39 is 5.95 Å². The van der Waals surface area contributed by atoms with Crippen molar-refractivity contribution in [1.82, 2.24) is 14.7 Å². The molecule has 7 heteroatoms. The average molecular weight is 271 g/mol. The first kappa shape index (κ1) is 12.5. The number of benzene rings is 1. The topological polar surface area (TPSA) is 91.7 Å². The third-order valence-electron chi connectivity index (χ3n) is 2.86. The van der Waals surface area contributed by atoms with E-state index in [1.807, 2.05) is 30.3 Å². The van der Waals surface area contributed by atoms with Gasteiger partial charge in [0.15, 0.2) is 11.3 Å². The van der Waals surface area contributed by atoms with Gasteiger partial charge < -0.3 is 15.6 Å². The van der Waals surface area contributed by atoms with Crippen molar-refractivity contribution in [2.75, 3.05) is 19.8 Å². The minimum atomic E-state index is -0.543. The van der Waals surface area contributed by atoms with Gasteiger partial charge in [-0.1, -0.05) is 18.2 Å². The maximum Gasteiger partial charge on any atom is 0.221 e. The fourth-order valence-corrected chi connectivity index (χ4v) is 1.91. The summed E-state index contributed by atoms with van der Waals surface area (Å²) >= 11 is 0. The number of anilines is 1.